The van der Waals surface area contributed by atoms with E-state index in [0.717, 1.165) is 0 Å². The van der Waals surface area contributed by atoms with E-state index < -0.39 is 11.5 Å². The fourth-order valence-electron chi connectivity index (χ4n) is 3.18. The Bertz CT molecular complexity index is 1110. The van der Waals surface area contributed by atoms with Gasteiger partial charge in [0, 0.05) is 30.1 Å². The van der Waals surface area contributed by atoms with Crippen LogP contribution in [0.4, 0.5) is 11.4 Å². The van der Waals surface area contributed by atoms with Gasteiger partial charge in [0.2, 0.25) is 11.8 Å². The molecule has 1 atom stereocenters. The molecule has 1 aliphatic heterocycles. The summed E-state index contributed by atoms with van der Waals surface area (Å²) in [6.45, 7) is 0.275. The predicted molar refractivity (Wildman–Crippen MR) is 103 cm³/mol. The van der Waals surface area contributed by atoms with Gasteiger partial charge in [0.25, 0.3) is 0 Å². The van der Waals surface area contributed by atoms with Crippen molar-refractivity contribution in [1.29, 1.82) is 0 Å². The Hall–Kier alpha value is -3.12. The van der Waals surface area contributed by atoms with E-state index >= 15 is 0 Å². The first-order valence-corrected chi connectivity index (χ1v) is 8.79. The van der Waals surface area contributed by atoms with Crippen molar-refractivity contribution < 1.29 is 14.0 Å². The zero-order valence-corrected chi connectivity index (χ0v) is 14.9. The highest BCUT2D eigenvalue weighted by Gasteiger charge is 2.35. The summed E-state index contributed by atoms with van der Waals surface area (Å²) in [4.78, 5) is 37.7. The summed E-state index contributed by atoms with van der Waals surface area (Å²) in [6.07, 6.45) is 0.125. The van der Waals surface area contributed by atoms with Crippen molar-refractivity contribution >= 4 is 45.8 Å². The standard InChI is InChI=1S/C20H15ClN2O4/c21-15-3-1-2-4-16(15)23-11-13(10-18(23)24)20(26)22-14-6-7-17-12(9-14)5-8-19(25)27-17/h1-9,13H,10-11H2,(H,22,26)/t13-/m0/s1. The third kappa shape index (κ3) is 3.44. The van der Waals surface area contributed by atoms with Gasteiger partial charge < -0.3 is 14.6 Å². The molecule has 1 aromatic heterocycles. The van der Waals surface area contributed by atoms with Gasteiger partial charge in [0.15, 0.2) is 0 Å². The molecule has 1 saturated heterocycles. The average molecular weight is 383 g/mol. The Morgan fingerprint density at radius 2 is 1.93 bits per heavy atom. The van der Waals surface area contributed by atoms with Gasteiger partial charge in [-0.1, -0.05) is 23.7 Å². The van der Waals surface area contributed by atoms with E-state index in [1.807, 2.05) is 0 Å². The molecule has 2 amide bonds. The van der Waals surface area contributed by atoms with Crippen molar-refractivity contribution in [2.24, 2.45) is 5.92 Å². The van der Waals surface area contributed by atoms with Crippen molar-refractivity contribution in [3.05, 3.63) is 70.0 Å². The number of carbonyl (C=O) groups is 2. The first kappa shape index (κ1) is 17.3. The smallest absolute Gasteiger partial charge is 0.336 e. The summed E-state index contributed by atoms with van der Waals surface area (Å²) in [5.74, 6) is -0.851. The molecule has 2 heterocycles. The molecule has 0 spiro atoms. The summed E-state index contributed by atoms with van der Waals surface area (Å²) >= 11 is 6.17. The van der Waals surface area contributed by atoms with Crippen LogP contribution in [0.5, 0.6) is 0 Å². The van der Waals surface area contributed by atoms with Crippen molar-refractivity contribution in [3.63, 3.8) is 0 Å². The van der Waals surface area contributed by atoms with E-state index in [0.29, 0.717) is 27.4 Å². The summed E-state index contributed by atoms with van der Waals surface area (Å²) in [7, 11) is 0. The highest BCUT2D eigenvalue weighted by Crippen LogP contribution is 2.31. The van der Waals surface area contributed by atoms with Crippen LogP contribution in [-0.2, 0) is 9.59 Å². The molecule has 3 aromatic rings. The largest absolute Gasteiger partial charge is 0.423 e. The number of hydrogen-bond acceptors (Lipinski definition) is 4. The molecule has 0 aliphatic carbocycles. The van der Waals surface area contributed by atoms with Gasteiger partial charge >= 0.3 is 5.63 Å². The highest BCUT2D eigenvalue weighted by atomic mass is 35.5. The number of hydrogen-bond donors (Lipinski definition) is 1. The monoisotopic (exact) mass is 382 g/mol. The lowest BCUT2D eigenvalue weighted by atomic mass is 10.1. The number of nitrogens with zero attached hydrogens (tertiary/aromatic N) is 1. The number of halogens is 1. The van der Waals surface area contributed by atoms with Crippen LogP contribution in [0.25, 0.3) is 11.0 Å². The molecule has 1 N–H and O–H groups in total. The van der Waals surface area contributed by atoms with Crippen LogP contribution in [0.3, 0.4) is 0 Å². The van der Waals surface area contributed by atoms with E-state index in [-0.39, 0.29) is 24.8 Å². The molecular formula is C20H15ClN2O4. The molecule has 2 aromatic carbocycles. The number of amides is 2. The summed E-state index contributed by atoms with van der Waals surface area (Å²) < 4.78 is 5.08. The molecule has 7 heteroatoms. The summed E-state index contributed by atoms with van der Waals surface area (Å²) in [5.41, 5.74) is 1.20. The van der Waals surface area contributed by atoms with E-state index in [4.69, 9.17) is 16.0 Å². The molecule has 0 bridgehead atoms. The van der Waals surface area contributed by atoms with Crippen LogP contribution in [-0.4, -0.2) is 18.4 Å². The Balaban J connectivity index is 1.50. The zero-order valence-electron chi connectivity index (χ0n) is 14.1. The van der Waals surface area contributed by atoms with Gasteiger partial charge in [-0.05, 0) is 36.4 Å². The van der Waals surface area contributed by atoms with E-state index in [9.17, 15) is 14.4 Å². The molecule has 0 radical (unpaired) electrons. The second kappa shape index (κ2) is 6.89. The number of nitrogens with one attached hydrogen (secondary N) is 1. The summed E-state index contributed by atoms with van der Waals surface area (Å²) in [6, 6.07) is 15.0. The number of para-hydroxylation sites is 1. The zero-order chi connectivity index (χ0) is 19.0. The van der Waals surface area contributed by atoms with Crippen LogP contribution < -0.4 is 15.8 Å². The van der Waals surface area contributed by atoms with Crippen LogP contribution in [0.2, 0.25) is 5.02 Å². The van der Waals surface area contributed by atoms with E-state index in [1.165, 1.54) is 6.07 Å². The fraction of sp³-hybridized carbons (Fsp3) is 0.150. The number of carbonyl (C=O) groups excluding carboxylic acids is 2. The SMILES string of the molecule is O=C(Nc1ccc2oc(=O)ccc2c1)[C@H]1CC(=O)N(c2ccccc2Cl)C1. The Labute approximate surface area is 159 Å². The van der Waals surface area contributed by atoms with Gasteiger partial charge in [-0.15, -0.1) is 0 Å². The number of anilines is 2. The first-order valence-electron chi connectivity index (χ1n) is 8.41. The van der Waals surface area contributed by atoms with Gasteiger partial charge in [0.1, 0.15) is 5.58 Å². The molecule has 4 rings (SSSR count). The minimum Gasteiger partial charge on any atom is -0.423 e. The minimum atomic E-state index is -0.474. The third-order valence-electron chi connectivity index (χ3n) is 4.53. The van der Waals surface area contributed by atoms with Crippen molar-refractivity contribution in [3.8, 4) is 0 Å². The number of fused-ring (bicyclic) bond motifs is 1. The maximum atomic E-state index is 12.6. The van der Waals surface area contributed by atoms with Crippen LogP contribution >= 0.6 is 11.6 Å². The topological polar surface area (TPSA) is 79.6 Å². The normalized spacial score (nSPS) is 16.7. The van der Waals surface area contributed by atoms with Crippen molar-refractivity contribution in [1.82, 2.24) is 0 Å². The molecule has 6 nitrogen and oxygen atoms in total. The Kier molecular flexibility index (Phi) is 4.41. The quantitative estimate of drug-likeness (QED) is 0.704. The van der Waals surface area contributed by atoms with Crippen molar-refractivity contribution in [2.45, 2.75) is 6.42 Å². The van der Waals surface area contributed by atoms with Crippen LogP contribution in [0, 0.1) is 5.92 Å². The number of rotatable bonds is 3. The predicted octanol–water partition coefficient (Wildman–Crippen LogP) is 3.44. The lowest BCUT2D eigenvalue weighted by molar-refractivity contribution is -0.122. The fourth-order valence-corrected chi connectivity index (χ4v) is 3.42. The third-order valence-corrected chi connectivity index (χ3v) is 4.85. The molecule has 1 aliphatic rings. The molecular weight excluding hydrogens is 368 g/mol. The van der Waals surface area contributed by atoms with Crippen LogP contribution in [0.1, 0.15) is 6.42 Å². The van der Waals surface area contributed by atoms with Crippen molar-refractivity contribution in [2.75, 3.05) is 16.8 Å². The van der Waals surface area contributed by atoms with Gasteiger partial charge in [-0.2, -0.15) is 0 Å². The molecule has 1 fully saturated rings. The number of benzene rings is 2. The Morgan fingerprint density at radius 3 is 2.74 bits per heavy atom. The maximum Gasteiger partial charge on any atom is 0.336 e. The second-order valence-corrected chi connectivity index (χ2v) is 6.76. The lowest BCUT2D eigenvalue weighted by Crippen LogP contribution is -2.28. The lowest BCUT2D eigenvalue weighted by Gasteiger charge is -2.18. The maximum absolute atomic E-state index is 12.6. The highest BCUT2D eigenvalue weighted by molar-refractivity contribution is 6.33. The molecule has 0 unspecified atom stereocenters. The van der Waals surface area contributed by atoms with Gasteiger partial charge in [0.05, 0.1) is 16.6 Å². The second-order valence-electron chi connectivity index (χ2n) is 6.35. The summed E-state index contributed by atoms with van der Waals surface area (Å²) in [5, 5.41) is 4.00. The van der Waals surface area contributed by atoms with E-state index in [1.54, 1.807) is 53.4 Å². The molecule has 136 valence electrons. The Morgan fingerprint density at radius 1 is 1.11 bits per heavy atom. The molecule has 27 heavy (non-hydrogen) atoms. The van der Waals surface area contributed by atoms with Crippen LogP contribution in [0.15, 0.2) is 63.8 Å². The van der Waals surface area contributed by atoms with Gasteiger partial charge in [-0.3, -0.25) is 9.59 Å². The van der Waals surface area contributed by atoms with Gasteiger partial charge in [-0.25, -0.2) is 4.79 Å². The molecule has 0 saturated carbocycles. The first-order chi connectivity index (χ1) is 13.0. The van der Waals surface area contributed by atoms with E-state index in [2.05, 4.69) is 5.32 Å². The average Bonchev–Trinajstić information content (AvgIpc) is 3.04. The minimum absolute atomic E-state index is 0.125.